The first-order chi connectivity index (χ1) is 14.3. The highest BCUT2D eigenvalue weighted by Gasteiger charge is 2.11. The second-order valence-corrected chi connectivity index (χ2v) is 9.64. The van der Waals surface area contributed by atoms with Crippen LogP contribution in [-0.2, 0) is 27.0 Å². The van der Waals surface area contributed by atoms with E-state index in [1.54, 1.807) is 35.6 Å². The molecule has 1 amide bonds. The molecular formula is C22H23N3O3S2. The minimum Gasteiger partial charge on any atom is -0.326 e. The first-order valence-corrected chi connectivity index (χ1v) is 11.9. The van der Waals surface area contributed by atoms with Gasteiger partial charge in [-0.25, -0.2) is 18.1 Å². The van der Waals surface area contributed by atoms with Gasteiger partial charge in [0, 0.05) is 23.2 Å². The van der Waals surface area contributed by atoms with Crippen LogP contribution in [0.1, 0.15) is 16.1 Å². The molecule has 0 spiro atoms. The third kappa shape index (κ3) is 6.35. The van der Waals surface area contributed by atoms with Crippen molar-refractivity contribution >= 4 is 33.0 Å². The van der Waals surface area contributed by atoms with E-state index in [1.807, 2.05) is 36.6 Å². The van der Waals surface area contributed by atoms with E-state index < -0.39 is 10.0 Å². The molecule has 3 rings (SSSR count). The van der Waals surface area contributed by atoms with E-state index in [9.17, 15) is 13.2 Å². The van der Waals surface area contributed by atoms with Gasteiger partial charge in [0.2, 0.25) is 15.9 Å². The Kier molecular flexibility index (Phi) is 7.15. The second-order valence-electron chi connectivity index (χ2n) is 6.77. The zero-order chi connectivity index (χ0) is 21.6. The summed E-state index contributed by atoms with van der Waals surface area (Å²) in [5.41, 5.74) is 4.12. The molecule has 2 N–H and O–H groups in total. The van der Waals surface area contributed by atoms with Crippen LogP contribution in [0.25, 0.3) is 11.3 Å². The summed E-state index contributed by atoms with van der Waals surface area (Å²) in [7, 11) is -3.41. The first kappa shape index (κ1) is 21.9. The molecule has 156 valence electrons. The topological polar surface area (TPSA) is 88.2 Å². The Morgan fingerprint density at radius 3 is 2.37 bits per heavy atom. The van der Waals surface area contributed by atoms with Gasteiger partial charge in [0.15, 0.2) is 0 Å². The summed E-state index contributed by atoms with van der Waals surface area (Å²) in [5.74, 6) is -0.264. The number of aryl methyl sites for hydroxylation is 1. The van der Waals surface area contributed by atoms with E-state index >= 15 is 0 Å². The van der Waals surface area contributed by atoms with E-state index in [1.165, 1.54) is 6.08 Å². The highest BCUT2D eigenvalue weighted by molar-refractivity contribution is 7.88. The summed E-state index contributed by atoms with van der Waals surface area (Å²) in [5, 5.41) is 5.87. The molecule has 8 heteroatoms. The van der Waals surface area contributed by atoms with Gasteiger partial charge in [-0.1, -0.05) is 42.5 Å². The smallest absolute Gasteiger partial charge is 0.228 e. The molecule has 0 radical (unpaired) electrons. The van der Waals surface area contributed by atoms with Crippen molar-refractivity contribution in [3.63, 3.8) is 0 Å². The maximum absolute atomic E-state index is 12.3. The number of aromatic nitrogens is 1. The monoisotopic (exact) mass is 441 g/mol. The molecule has 0 saturated heterocycles. The van der Waals surface area contributed by atoms with Gasteiger partial charge in [-0.05, 0) is 30.2 Å². The second kappa shape index (κ2) is 9.80. The maximum atomic E-state index is 12.3. The lowest BCUT2D eigenvalue weighted by Crippen LogP contribution is -2.25. The molecule has 0 aliphatic rings. The molecule has 0 atom stereocenters. The molecule has 2 aromatic carbocycles. The van der Waals surface area contributed by atoms with Crippen LogP contribution in [0, 0.1) is 6.92 Å². The van der Waals surface area contributed by atoms with Gasteiger partial charge in [-0.3, -0.25) is 4.79 Å². The normalized spacial score (nSPS) is 11.2. The number of amides is 1. The van der Waals surface area contributed by atoms with Crippen LogP contribution in [0.15, 0.2) is 66.6 Å². The van der Waals surface area contributed by atoms with Crippen LogP contribution in [0.4, 0.5) is 5.69 Å². The quantitative estimate of drug-likeness (QED) is 0.493. The Morgan fingerprint density at radius 2 is 1.77 bits per heavy atom. The number of hydrogen-bond donors (Lipinski definition) is 2. The molecular weight excluding hydrogens is 418 g/mol. The number of carbonyl (C=O) groups excluding carboxylic acids is 1. The average molecular weight is 442 g/mol. The summed E-state index contributed by atoms with van der Waals surface area (Å²) >= 11 is 1.61. The molecule has 0 bridgehead atoms. The summed E-state index contributed by atoms with van der Waals surface area (Å²) in [4.78, 5) is 16.8. The molecule has 0 fully saturated rings. The van der Waals surface area contributed by atoms with Gasteiger partial charge in [-0.2, -0.15) is 0 Å². The Bertz CT molecular complexity index is 1120. The van der Waals surface area contributed by atoms with Crippen LogP contribution in [-0.4, -0.2) is 25.9 Å². The number of sulfonamides is 1. The van der Waals surface area contributed by atoms with Crippen molar-refractivity contribution in [2.45, 2.75) is 19.1 Å². The SMILES string of the molecule is C=CCNS(=O)(=O)Cc1ccc(NC(=O)Cc2ccc(-c3csc(C)n3)cc2)cc1. The van der Waals surface area contributed by atoms with Gasteiger partial charge in [-0.15, -0.1) is 17.9 Å². The van der Waals surface area contributed by atoms with Gasteiger partial charge in [0.05, 0.1) is 22.9 Å². The van der Waals surface area contributed by atoms with Crippen molar-refractivity contribution in [3.8, 4) is 11.3 Å². The van der Waals surface area contributed by atoms with Crippen LogP contribution < -0.4 is 10.0 Å². The lowest BCUT2D eigenvalue weighted by Gasteiger charge is -2.08. The zero-order valence-electron chi connectivity index (χ0n) is 16.6. The number of anilines is 1. The van der Waals surface area contributed by atoms with E-state index in [0.29, 0.717) is 11.3 Å². The number of carbonyl (C=O) groups is 1. The van der Waals surface area contributed by atoms with Crippen molar-refractivity contribution < 1.29 is 13.2 Å². The molecule has 3 aromatic rings. The highest BCUT2D eigenvalue weighted by atomic mass is 32.2. The summed E-state index contributed by atoms with van der Waals surface area (Å²) in [6.07, 6.45) is 1.74. The molecule has 0 saturated carbocycles. The third-order valence-electron chi connectivity index (χ3n) is 4.28. The minimum atomic E-state index is -3.41. The predicted molar refractivity (Wildman–Crippen MR) is 122 cm³/mol. The lowest BCUT2D eigenvalue weighted by atomic mass is 10.1. The van der Waals surface area contributed by atoms with Crippen LogP contribution in [0.2, 0.25) is 0 Å². The fourth-order valence-corrected chi connectivity index (χ4v) is 4.55. The summed E-state index contributed by atoms with van der Waals surface area (Å²) < 4.78 is 26.2. The number of thiazole rings is 1. The maximum Gasteiger partial charge on any atom is 0.228 e. The van der Waals surface area contributed by atoms with E-state index in [-0.39, 0.29) is 24.6 Å². The predicted octanol–water partition coefficient (Wildman–Crippen LogP) is 3.91. The van der Waals surface area contributed by atoms with Gasteiger partial charge < -0.3 is 5.32 Å². The van der Waals surface area contributed by atoms with E-state index in [0.717, 1.165) is 21.8 Å². The van der Waals surface area contributed by atoms with Crippen molar-refractivity contribution in [1.82, 2.24) is 9.71 Å². The number of benzene rings is 2. The first-order valence-electron chi connectivity index (χ1n) is 9.33. The molecule has 1 aromatic heterocycles. The fourth-order valence-electron chi connectivity index (χ4n) is 2.82. The summed E-state index contributed by atoms with van der Waals surface area (Å²) in [6, 6.07) is 14.6. The zero-order valence-corrected chi connectivity index (χ0v) is 18.2. The lowest BCUT2D eigenvalue weighted by molar-refractivity contribution is -0.115. The number of nitrogens with one attached hydrogen (secondary N) is 2. The van der Waals surface area contributed by atoms with Gasteiger partial charge in [0.1, 0.15) is 0 Å². The number of hydrogen-bond acceptors (Lipinski definition) is 5. The molecule has 30 heavy (non-hydrogen) atoms. The van der Waals surface area contributed by atoms with Crippen molar-refractivity contribution in [2.24, 2.45) is 0 Å². The molecule has 1 heterocycles. The van der Waals surface area contributed by atoms with Crippen molar-refractivity contribution in [1.29, 1.82) is 0 Å². The largest absolute Gasteiger partial charge is 0.326 e. The van der Waals surface area contributed by atoms with Crippen molar-refractivity contribution in [3.05, 3.63) is 82.7 Å². The Morgan fingerprint density at radius 1 is 1.10 bits per heavy atom. The molecule has 0 aliphatic carbocycles. The fraction of sp³-hybridized carbons (Fsp3) is 0.182. The standard InChI is InChI=1S/C22H23N3O3S2/c1-3-12-23-30(27,28)15-18-6-10-20(11-7-18)25-22(26)13-17-4-8-19(9-5-17)21-14-29-16(2)24-21/h3-11,14,23H,1,12-13,15H2,2H3,(H,25,26). The Labute approximate surface area is 180 Å². The third-order valence-corrected chi connectivity index (χ3v) is 6.37. The van der Waals surface area contributed by atoms with Gasteiger partial charge in [0.25, 0.3) is 0 Å². The van der Waals surface area contributed by atoms with E-state index in [4.69, 9.17) is 0 Å². The van der Waals surface area contributed by atoms with Crippen molar-refractivity contribution in [2.75, 3.05) is 11.9 Å². The number of rotatable bonds is 9. The Balaban J connectivity index is 1.55. The van der Waals surface area contributed by atoms with Crippen LogP contribution in [0.3, 0.4) is 0 Å². The van der Waals surface area contributed by atoms with Crippen LogP contribution >= 0.6 is 11.3 Å². The van der Waals surface area contributed by atoms with E-state index in [2.05, 4.69) is 21.6 Å². The van der Waals surface area contributed by atoms with Gasteiger partial charge >= 0.3 is 0 Å². The summed E-state index contributed by atoms with van der Waals surface area (Å²) in [6.45, 7) is 5.65. The highest BCUT2D eigenvalue weighted by Crippen LogP contribution is 2.22. The molecule has 0 unspecified atom stereocenters. The average Bonchev–Trinajstić information content (AvgIpc) is 3.14. The molecule has 6 nitrogen and oxygen atoms in total. The molecule has 0 aliphatic heterocycles. The Hall–Kier alpha value is -2.81. The van der Waals surface area contributed by atoms with Crippen LogP contribution in [0.5, 0.6) is 0 Å². The number of nitrogens with zero attached hydrogens (tertiary/aromatic N) is 1. The minimum absolute atomic E-state index is 0.125.